The van der Waals surface area contributed by atoms with Gasteiger partial charge in [0.2, 0.25) is 0 Å². The summed E-state index contributed by atoms with van der Waals surface area (Å²) in [7, 11) is 0. The van der Waals surface area contributed by atoms with Crippen LogP contribution in [0.5, 0.6) is 0 Å². The van der Waals surface area contributed by atoms with Crippen LogP contribution in [0.2, 0.25) is 0 Å². The molecule has 2 rings (SSSR count). The predicted molar refractivity (Wildman–Crippen MR) is 82.4 cm³/mol. The normalized spacial score (nSPS) is 16.1. The van der Waals surface area contributed by atoms with Crippen molar-refractivity contribution in [2.24, 2.45) is 0 Å². The third-order valence-electron chi connectivity index (χ3n) is 3.05. The van der Waals surface area contributed by atoms with Gasteiger partial charge in [-0.3, -0.25) is 5.32 Å². The highest BCUT2D eigenvalue weighted by Crippen LogP contribution is 2.36. The highest BCUT2D eigenvalue weighted by molar-refractivity contribution is 14.1. The lowest BCUT2D eigenvalue weighted by molar-refractivity contribution is 0.0633. The lowest BCUT2D eigenvalue weighted by atomic mass is 9.93. The van der Waals surface area contributed by atoms with Gasteiger partial charge in [-0.15, -0.1) is 0 Å². The maximum absolute atomic E-state index is 11.9. The van der Waals surface area contributed by atoms with Crippen molar-refractivity contribution in [1.82, 2.24) is 9.78 Å². The molecule has 19 heavy (non-hydrogen) atoms. The Morgan fingerprint density at radius 3 is 2.58 bits per heavy atom. The molecule has 1 heterocycles. The minimum atomic E-state index is -0.494. The van der Waals surface area contributed by atoms with Gasteiger partial charge in [0.25, 0.3) is 0 Å². The molecule has 1 aliphatic rings. The number of carbonyl (C=O) groups excluding carboxylic acids is 1. The molecule has 0 saturated heterocycles. The first-order chi connectivity index (χ1) is 8.78. The maximum atomic E-state index is 11.9. The van der Waals surface area contributed by atoms with E-state index < -0.39 is 11.7 Å². The second kappa shape index (κ2) is 5.30. The second-order valence-electron chi connectivity index (χ2n) is 5.90. The van der Waals surface area contributed by atoms with Gasteiger partial charge in [-0.1, -0.05) is 0 Å². The molecule has 1 amide bonds. The number of aryl methyl sites for hydroxylation is 1. The number of nitrogens with zero attached hydrogens (tertiary/aromatic N) is 2. The monoisotopic (exact) mass is 377 g/mol. The van der Waals surface area contributed by atoms with E-state index in [1.54, 1.807) is 0 Å². The van der Waals surface area contributed by atoms with Gasteiger partial charge < -0.3 is 4.74 Å². The van der Waals surface area contributed by atoms with Crippen molar-refractivity contribution in [3.8, 4) is 0 Å². The first kappa shape index (κ1) is 14.6. The van der Waals surface area contributed by atoms with Gasteiger partial charge in [0, 0.05) is 0 Å². The van der Waals surface area contributed by atoms with E-state index in [1.807, 2.05) is 32.4 Å². The summed E-state index contributed by atoms with van der Waals surface area (Å²) in [5.41, 5.74) is 0.449. The summed E-state index contributed by atoms with van der Waals surface area (Å²) in [5.74, 6) is 0.761. The Bertz CT molecular complexity index is 487. The molecule has 6 heteroatoms. The molecule has 0 aromatic carbocycles. The van der Waals surface area contributed by atoms with Crippen LogP contribution in [0.25, 0.3) is 0 Å². The molecule has 0 spiro atoms. The molecule has 1 aromatic rings. The SMILES string of the molecule is Cc1nn(C2CCC2)c(NC(=O)OC(C)(C)C)c1I. The molecule has 1 N–H and O–H groups in total. The van der Waals surface area contributed by atoms with Crippen LogP contribution in [0.1, 0.15) is 51.8 Å². The fraction of sp³-hybridized carbons (Fsp3) is 0.692. The summed E-state index contributed by atoms with van der Waals surface area (Å²) in [4.78, 5) is 11.9. The molecular formula is C13H20IN3O2. The number of carbonyl (C=O) groups is 1. The van der Waals surface area contributed by atoms with E-state index in [4.69, 9.17) is 4.74 Å². The van der Waals surface area contributed by atoms with Crippen molar-refractivity contribution < 1.29 is 9.53 Å². The number of halogens is 1. The van der Waals surface area contributed by atoms with Crippen LogP contribution in [0, 0.1) is 10.5 Å². The van der Waals surface area contributed by atoms with Gasteiger partial charge in [0.05, 0.1) is 15.3 Å². The fourth-order valence-electron chi connectivity index (χ4n) is 1.94. The molecule has 0 atom stereocenters. The van der Waals surface area contributed by atoms with Gasteiger partial charge in [-0.25, -0.2) is 9.48 Å². The summed E-state index contributed by atoms with van der Waals surface area (Å²) in [6.07, 6.45) is 3.05. The standard InChI is InChI=1S/C13H20IN3O2/c1-8-10(14)11(15-12(18)19-13(2,3)4)17(16-8)9-6-5-7-9/h9H,5-7H2,1-4H3,(H,15,18). The van der Waals surface area contributed by atoms with Crippen LogP contribution in [-0.4, -0.2) is 21.5 Å². The van der Waals surface area contributed by atoms with Crippen molar-refractivity contribution in [3.63, 3.8) is 0 Å². The summed E-state index contributed by atoms with van der Waals surface area (Å²) >= 11 is 2.22. The van der Waals surface area contributed by atoms with Crippen LogP contribution in [0.15, 0.2) is 0 Å². The molecule has 1 aliphatic carbocycles. The van der Waals surface area contributed by atoms with E-state index in [0.29, 0.717) is 6.04 Å². The minimum Gasteiger partial charge on any atom is -0.444 e. The van der Waals surface area contributed by atoms with E-state index in [1.165, 1.54) is 6.42 Å². The van der Waals surface area contributed by atoms with Crippen molar-refractivity contribution >= 4 is 34.5 Å². The van der Waals surface area contributed by atoms with Gasteiger partial charge in [-0.05, 0) is 69.5 Å². The van der Waals surface area contributed by atoms with Crippen molar-refractivity contribution in [3.05, 3.63) is 9.26 Å². The van der Waals surface area contributed by atoms with E-state index in [2.05, 4.69) is 33.0 Å². The zero-order chi connectivity index (χ0) is 14.2. The molecule has 1 saturated carbocycles. The van der Waals surface area contributed by atoms with Crippen LogP contribution in [0.4, 0.5) is 10.6 Å². The number of aromatic nitrogens is 2. The molecular weight excluding hydrogens is 357 g/mol. The number of hydrogen-bond acceptors (Lipinski definition) is 3. The van der Waals surface area contributed by atoms with E-state index >= 15 is 0 Å². The first-order valence-corrected chi connectivity index (χ1v) is 7.60. The van der Waals surface area contributed by atoms with Crippen LogP contribution in [0.3, 0.4) is 0 Å². The molecule has 106 valence electrons. The van der Waals surface area contributed by atoms with E-state index in [0.717, 1.165) is 27.9 Å². The van der Waals surface area contributed by atoms with Crippen molar-refractivity contribution in [2.45, 2.75) is 58.6 Å². The quantitative estimate of drug-likeness (QED) is 0.797. The Balaban J connectivity index is 2.17. The fourth-order valence-corrected chi connectivity index (χ4v) is 2.43. The first-order valence-electron chi connectivity index (χ1n) is 6.52. The Morgan fingerprint density at radius 1 is 1.47 bits per heavy atom. The predicted octanol–water partition coefficient (Wildman–Crippen LogP) is 3.87. The topological polar surface area (TPSA) is 56.2 Å². The third-order valence-corrected chi connectivity index (χ3v) is 4.34. The van der Waals surface area contributed by atoms with Crippen LogP contribution >= 0.6 is 22.6 Å². The largest absolute Gasteiger partial charge is 0.444 e. The van der Waals surface area contributed by atoms with Gasteiger partial charge in [0.1, 0.15) is 11.4 Å². The second-order valence-corrected chi connectivity index (χ2v) is 6.98. The van der Waals surface area contributed by atoms with Crippen molar-refractivity contribution in [2.75, 3.05) is 5.32 Å². The van der Waals surface area contributed by atoms with Gasteiger partial charge >= 0.3 is 6.09 Å². The molecule has 0 aliphatic heterocycles. The molecule has 0 radical (unpaired) electrons. The van der Waals surface area contributed by atoms with Crippen LogP contribution < -0.4 is 5.32 Å². The summed E-state index contributed by atoms with van der Waals surface area (Å²) in [5, 5.41) is 7.36. The van der Waals surface area contributed by atoms with Crippen molar-refractivity contribution in [1.29, 1.82) is 0 Å². The smallest absolute Gasteiger partial charge is 0.413 e. The third kappa shape index (κ3) is 3.40. The van der Waals surface area contributed by atoms with Gasteiger partial charge in [-0.2, -0.15) is 5.10 Å². The summed E-state index contributed by atoms with van der Waals surface area (Å²) in [6, 6.07) is 0.409. The molecule has 1 fully saturated rings. The average molecular weight is 377 g/mol. The Morgan fingerprint density at radius 2 is 2.11 bits per heavy atom. The van der Waals surface area contributed by atoms with Gasteiger partial charge in [0.15, 0.2) is 0 Å². The number of anilines is 1. The highest BCUT2D eigenvalue weighted by atomic mass is 127. The van der Waals surface area contributed by atoms with Crippen LogP contribution in [-0.2, 0) is 4.74 Å². The maximum Gasteiger partial charge on any atom is 0.413 e. The number of rotatable bonds is 2. The molecule has 0 unspecified atom stereocenters. The zero-order valence-electron chi connectivity index (χ0n) is 11.8. The average Bonchev–Trinajstić information content (AvgIpc) is 2.41. The lowest BCUT2D eigenvalue weighted by Gasteiger charge is -2.28. The lowest BCUT2D eigenvalue weighted by Crippen LogP contribution is -2.29. The van der Waals surface area contributed by atoms with E-state index in [-0.39, 0.29) is 0 Å². The number of amides is 1. The Kier molecular flexibility index (Phi) is 4.08. The summed E-state index contributed by atoms with van der Waals surface area (Å²) in [6.45, 7) is 7.52. The number of ether oxygens (including phenoxy) is 1. The summed E-state index contributed by atoms with van der Waals surface area (Å²) < 4.78 is 8.21. The highest BCUT2D eigenvalue weighted by Gasteiger charge is 2.27. The molecule has 1 aromatic heterocycles. The zero-order valence-corrected chi connectivity index (χ0v) is 13.9. The molecule has 5 nitrogen and oxygen atoms in total. The Hall–Kier alpha value is -0.790. The number of nitrogens with one attached hydrogen (secondary N) is 1. The minimum absolute atomic E-state index is 0.409. The Labute approximate surface area is 127 Å². The molecule has 0 bridgehead atoms. The number of hydrogen-bond donors (Lipinski definition) is 1. The van der Waals surface area contributed by atoms with E-state index in [9.17, 15) is 4.79 Å².